The van der Waals surface area contributed by atoms with Gasteiger partial charge in [0.1, 0.15) is 0 Å². The van der Waals surface area contributed by atoms with Crippen LogP contribution in [-0.2, 0) is 6.54 Å². The van der Waals surface area contributed by atoms with Gasteiger partial charge >= 0.3 is 0 Å². The Morgan fingerprint density at radius 3 is 2.72 bits per heavy atom. The second-order valence-corrected chi connectivity index (χ2v) is 6.91. The number of halogens is 2. The second-order valence-electron chi connectivity index (χ2n) is 5.21. The number of hydrogen-bond donors (Lipinski definition) is 1. The number of nitrogens with zero attached hydrogens (tertiary/aromatic N) is 1. The SMILES string of the molecule is CC1CCC(CN)CN1Cc1ccc(Br)c(Br)c1. The molecule has 1 fully saturated rings. The largest absolute Gasteiger partial charge is 0.330 e. The van der Waals surface area contributed by atoms with Crippen molar-refractivity contribution in [2.45, 2.75) is 32.4 Å². The molecule has 2 unspecified atom stereocenters. The van der Waals surface area contributed by atoms with Crippen LogP contribution in [0.1, 0.15) is 25.3 Å². The van der Waals surface area contributed by atoms with Crippen LogP contribution in [0.15, 0.2) is 27.1 Å². The maximum absolute atomic E-state index is 5.81. The minimum Gasteiger partial charge on any atom is -0.330 e. The summed E-state index contributed by atoms with van der Waals surface area (Å²) >= 11 is 7.08. The molecular formula is C14H20Br2N2. The van der Waals surface area contributed by atoms with Crippen molar-refractivity contribution in [1.82, 2.24) is 4.90 Å². The van der Waals surface area contributed by atoms with Crippen LogP contribution in [0, 0.1) is 5.92 Å². The normalized spacial score (nSPS) is 25.3. The summed E-state index contributed by atoms with van der Waals surface area (Å²) in [5, 5.41) is 0. The lowest BCUT2D eigenvalue weighted by atomic mass is 9.93. The first-order valence-electron chi connectivity index (χ1n) is 6.48. The molecule has 2 atom stereocenters. The van der Waals surface area contributed by atoms with Crippen molar-refractivity contribution in [2.75, 3.05) is 13.1 Å². The van der Waals surface area contributed by atoms with Crippen LogP contribution in [-0.4, -0.2) is 24.0 Å². The highest BCUT2D eigenvalue weighted by atomic mass is 79.9. The molecule has 1 saturated heterocycles. The molecule has 100 valence electrons. The van der Waals surface area contributed by atoms with E-state index in [9.17, 15) is 0 Å². The number of benzene rings is 1. The predicted octanol–water partition coefficient (Wildman–Crippen LogP) is 3.77. The summed E-state index contributed by atoms with van der Waals surface area (Å²) in [5.41, 5.74) is 7.16. The predicted molar refractivity (Wildman–Crippen MR) is 83.5 cm³/mol. The Morgan fingerprint density at radius 2 is 2.06 bits per heavy atom. The molecule has 0 aromatic heterocycles. The first kappa shape index (κ1) is 14.5. The zero-order valence-corrected chi connectivity index (χ0v) is 13.9. The highest BCUT2D eigenvalue weighted by molar-refractivity contribution is 9.13. The molecule has 0 amide bonds. The van der Waals surface area contributed by atoms with Gasteiger partial charge in [-0.3, -0.25) is 4.90 Å². The van der Waals surface area contributed by atoms with Gasteiger partial charge in [0.25, 0.3) is 0 Å². The molecule has 4 heteroatoms. The van der Waals surface area contributed by atoms with E-state index in [1.165, 1.54) is 18.4 Å². The highest BCUT2D eigenvalue weighted by Crippen LogP contribution is 2.27. The number of nitrogens with two attached hydrogens (primary N) is 1. The topological polar surface area (TPSA) is 29.3 Å². The lowest BCUT2D eigenvalue weighted by Crippen LogP contribution is -2.43. The molecule has 0 radical (unpaired) electrons. The molecule has 1 aromatic carbocycles. The molecular weight excluding hydrogens is 356 g/mol. The summed E-state index contributed by atoms with van der Waals surface area (Å²) in [5.74, 6) is 0.667. The van der Waals surface area contributed by atoms with E-state index in [0.717, 1.165) is 28.6 Å². The first-order chi connectivity index (χ1) is 8.60. The van der Waals surface area contributed by atoms with Gasteiger partial charge in [-0.25, -0.2) is 0 Å². The Bertz CT molecular complexity index is 409. The van der Waals surface area contributed by atoms with Crippen molar-refractivity contribution >= 4 is 31.9 Å². The van der Waals surface area contributed by atoms with E-state index in [0.29, 0.717) is 12.0 Å². The lowest BCUT2D eigenvalue weighted by molar-refractivity contribution is 0.113. The molecule has 1 aliphatic rings. The molecule has 0 saturated carbocycles. The van der Waals surface area contributed by atoms with Crippen molar-refractivity contribution in [3.05, 3.63) is 32.7 Å². The fourth-order valence-corrected chi connectivity index (χ4v) is 3.22. The Balaban J connectivity index is 2.04. The Labute approximate surface area is 126 Å². The summed E-state index contributed by atoms with van der Waals surface area (Å²) in [4.78, 5) is 2.55. The molecule has 2 rings (SSSR count). The van der Waals surface area contributed by atoms with Crippen LogP contribution in [0.25, 0.3) is 0 Å². The van der Waals surface area contributed by atoms with Gasteiger partial charge < -0.3 is 5.73 Å². The van der Waals surface area contributed by atoms with E-state index < -0.39 is 0 Å². The van der Waals surface area contributed by atoms with E-state index in [2.05, 4.69) is 61.9 Å². The molecule has 1 aromatic rings. The summed E-state index contributed by atoms with van der Waals surface area (Å²) in [6.45, 7) is 5.28. The van der Waals surface area contributed by atoms with Crippen molar-refractivity contribution in [1.29, 1.82) is 0 Å². The minimum atomic E-state index is 0.662. The van der Waals surface area contributed by atoms with E-state index in [1.54, 1.807) is 0 Å². The molecule has 1 aliphatic heterocycles. The number of rotatable bonds is 3. The zero-order valence-electron chi connectivity index (χ0n) is 10.7. The van der Waals surface area contributed by atoms with Gasteiger partial charge in [-0.1, -0.05) is 6.07 Å². The standard InChI is InChI=1S/C14H20Br2N2/c1-10-2-3-12(7-17)9-18(10)8-11-4-5-13(15)14(16)6-11/h4-6,10,12H,2-3,7-9,17H2,1H3. The lowest BCUT2D eigenvalue weighted by Gasteiger charge is -2.37. The second kappa shape index (κ2) is 6.51. The Morgan fingerprint density at radius 1 is 1.28 bits per heavy atom. The number of hydrogen-bond acceptors (Lipinski definition) is 2. The fraction of sp³-hybridized carbons (Fsp3) is 0.571. The average Bonchev–Trinajstić information content (AvgIpc) is 2.36. The molecule has 0 spiro atoms. The first-order valence-corrected chi connectivity index (χ1v) is 8.06. The van der Waals surface area contributed by atoms with E-state index in [1.807, 2.05) is 0 Å². The highest BCUT2D eigenvalue weighted by Gasteiger charge is 2.24. The third-order valence-corrected chi connectivity index (χ3v) is 5.69. The summed E-state index contributed by atoms with van der Waals surface area (Å²) in [7, 11) is 0. The quantitative estimate of drug-likeness (QED) is 0.871. The van der Waals surface area contributed by atoms with Crippen molar-refractivity contribution in [3.8, 4) is 0 Å². The van der Waals surface area contributed by atoms with Gasteiger partial charge in [0, 0.05) is 28.1 Å². The Kier molecular flexibility index (Phi) is 5.24. The van der Waals surface area contributed by atoms with Gasteiger partial charge in [0.2, 0.25) is 0 Å². The number of piperidine rings is 1. The van der Waals surface area contributed by atoms with Crippen LogP contribution in [0.3, 0.4) is 0 Å². The molecule has 0 bridgehead atoms. The summed E-state index contributed by atoms with van der Waals surface area (Å²) in [6.07, 6.45) is 2.54. The molecule has 2 nitrogen and oxygen atoms in total. The van der Waals surface area contributed by atoms with Crippen LogP contribution >= 0.6 is 31.9 Å². The maximum Gasteiger partial charge on any atom is 0.0320 e. The van der Waals surface area contributed by atoms with Crippen LogP contribution in [0.4, 0.5) is 0 Å². The van der Waals surface area contributed by atoms with Crippen molar-refractivity contribution in [3.63, 3.8) is 0 Å². The fourth-order valence-electron chi connectivity index (χ4n) is 2.55. The van der Waals surface area contributed by atoms with Gasteiger partial charge in [0.05, 0.1) is 0 Å². The van der Waals surface area contributed by atoms with Gasteiger partial charge in [-0.05, 0) is 81.8 Å². The number of likely N-dealkylation sites (tertiary alicyclic amines) is 1. The van der Waals surface area contributed by atoms with E-state index in [-0.39, 0.29) is 0 Å². The smallest absolute Gasteiger partial charge is 0.0320 e. The van der Waals surface area contributed by atoms with Crippen LogP contribution in [0.2, 0.25) is 0 Å². The van der Waals surface area contributed by atoms with E-state index >= 15 is 0 Å². The third kappa shape index (κ3) is 3.56. The molecule has 2 N–H and O–H groups in total. The van der Waals surface area contributed by atoms with Gasteiger partial charge in [-0.2, -0.15) is 0 Å². The van der Waals surface area contributed by atoms with Gasteiger partial charge in [-0.15, -0.1) is 0 Å². The van der Waals surface area contributed by atoms with E-state index in [4.69, 9.17) is 5.73 Å². The minimum absolute atomic E-state index is 0.662. The van der Waals surface area contributed by atoms with Crippen LogP contribution < -0.4 is 5.73 Å². The van der Waals surface area contributed by atoms with Crippen LogP contribution in [0.5, 0.6) is 0 Å². The molecule has 0 aliphatic carbocycles. The molecule has 18 heavy (non-hydrogen) atoms. The maximum atomic E-state index is 5.81. The zero-order chi connectivity index (χ0) is 13.1. The van der Waals surface area contributed by atoms with Gasteiger partial charge in [0.15, 0.2) is 0 Å². The molecule has 1 heterocycles. The Hall–Kier alpha value is 0.1000. The third-order valence-electron chi connectivity index (χ3n) is 3.81. The monoisotopic (exact) mass is 374 g/mol. The summed E-state index contributed by atoms with van der Waals surface area (Å²) < 4.78 is 2.23. The average molecular weight is 376 g/mol. The van der Waals surface area contributed by atoms with Crippen molar-refractivity contribution in [2.24, 2.45) is 11.7 Å². The summed E-state index contributed by atoms with van der Waals surface area (Å²) in [6, 6.07) is 7.15. The van der Waals surface area contributed by atoms with Crippen molar-refractivity contribution < 1.29 is 0 Å².